The Morgan fingerprint density at radius 3 is 2.48 bits per heavy atom. The molecule has 130 valence electrons. The largest absolute Gasteiger partial charge is 0.493 e. The highest BCUT2D eigenvalue weighted by Crippen LogP contribution is 2.47. The van der Waals surface area contributed by atoms with Gasteiger partial charge in [-0.15, -0.1) is 0 Å². The number of pyridine rings is 1. The summed E-state index contributed by atoms with van der Waals surface area (Å²) in [7, 11) is 7.07. The van der Waals surface area contributed by atoms with E-state index in [4.69, 9.17) is 24.7 Å². The first-order chi connectivity index (χ1) is 11.8. The summed E-state index contributed by atoms with van der Waals surface area (Å²) in [5.74, 6) is 2.37. The van der Waals surface area contributed by atoms with Crippen LogP contribution >= 0.6 is 0 Å². The van der Waals surface area contributed by atoms with Gasteiger partial charge in [-0.05, 0) is 36.0 Å². The Labute approximate surface area is 149 Å². The summed E-state index contributed by atoms with van der Waals surface area (Å²) in [5, 5.41) is -0.508. The Hall–Kier alpha value is -2.34. The Kier molecular flexibility index (Phi) is 4.56. The number of hydrogen-bond donors (Lipinski definition) is 1. The fraction of sp³-hybridized carbons (Fsp3) is 0.353. The lowest BCUT2D eigenvalue weighted by Crippen LogP contribution is -2.38. The van der Waals surface area contributed by atoms with E-state index in [-0.39, 0.29) is 12.2 Å². The number of rotatable bonds is 4. The second-order valence-corrected chi connectivity index (χ2v) is 6.72. The molecule has 1 aliphatic rings. The van der Waals surface area contributed by atoms with Gasteiger partial charge in [0, 0.05) is 17.8 Å². The molecule has 3 rings (SSSR count). The van der Waals surface area contributed by atoms with E-state index >= 15 is 0 Å². The van der Waals surface area contributed by atoms with Crippen molar-refractivity contribution in [2.75, 3.05) is 14.2 Å². The lowest BCUT2D eigenvalue weighted by molar-refractivity contribution is 0.0277. The molecule has 0 unspecified atom stereocenters. The van der Waals surface area contributed by atoms with Crippen LogP contribution in [0.4, 0.5) is 0 Å². The molecule has 0 saturated heterocycles. The molecule has 25 heavy (non-hydrogen) atoms. The van der Waals surface area contributed by atoms with Gasteiger partial charge >= 0.3 is 0 Å². The van der Waals surface area contributed by atoms with Crippen LogP contribution in [-0.4, -0.2) is 41.0 Å². The van der Waals surface area contributed by atoms with Crippen molar-refractivity contribution in [3.8, 4) is 23.1 Å². The normalized spacial score (nSPS) is 19.4. The quantitative estimate of drug-likeness (QED) is 0.809. The van der Waals surface area contributed by atoms with Crippen LogP contribution in [0.25, 0.3) is 0 Å². The van der Waals surface area contributed by atoms with Crippen molar-refractivity contribution in [3.05, 3.63) is 41.6 Å². The molecule has 1 aromatic heterocycles. The van der Waals surface area contributed by atoms with Gasteiger partial charge in [0.1, 0.15) is 21.8 Å². The van der Waals surface area contributed by atoms with Gasteiger partial charge in [0.05, 0.1) is 14.2 Å². The number of nitrogens with two attached hydrogens (primary N) is 1. The van der Waals surface area contributed by atoms with Crippen LogP contribution in [0.15, 0.2) is 30.5 Å². The van der Waals surface area contributed by atoms with E-state index in [2.05, 4.69) is 4.98 Å². The molecule has 2 heterocycles. The van der Waals surface area contributed by atoms with Gasteiger partial charge in [-0.1, -0.05) is 0 Å². The summed E-state index contributed by atoms with van der Waals surface area (Å²) in [6, 6.07) is 7.53. The maximum Gasteiger partial charge on any atom is 0.212 e. The molecular weight excluding hydrogens is 318 g/mol. The first-order valence-electron chi connectivity index (χ1n) is 8.18. The molecule has 2 aromatic rings. The molecule has 0 fully saturated rings. The highest BCUT2D eigenvalue weighted by Gasteiger charge is 2.33. The van der Waals surface area contributed by atoms with Crippen molar-refractivity contribution >= 4 is 15.7 Å². The van der Waals surface area contributed by atoms with Crippen LogP contribution in [0.1, 0.15) is 24.2 Å². The number of nitrogens with zero attached hydrogens (tertiary/aromatic N) is 1. The molecule has 2 atom stereocenters. The molecule has 0 radical (unpaired) electrons. The third kappa shape index (κ3) is 3.39. The van der Waals surface area contributed by atoms with E-state index in [1.165, 1.54) is 0 Å². The van der Waals surface area contributed by atoms with Crippen molar-refractivity contribution in [1.82, 2.24) is 4.98 Å². The van der Waals surface area contributed by atoms with Gasteiger partial charge in [-0.3, -0.25) is 0 Å². The summed E-state index contributed by atoms with van der Waals surface area (Å²) in [4.78, 5) is 4.25. The van der Waals surface area contributed by atoms with Gasteiger partial charge in [0.15, 0.2) is 17.6 Å². The van der Waals surface area contributed by atoms with Crippen LogP contribution in [0, 0.1) is 0 Å². The van der Waals surface area contributed by atoms with E-state index in [1.54, 1.807) is 26.5 Å². The van der Waals surface area contributed by atoms with Crippen LogP contribution in [0.3, 0.4) is 0 Å². The minimum atomic E-state index is -0.508. The van der Waals surface area contributed by atoms with Crippen molar-refractivity contribution in [2.45, 2.75) is 24.5 Å². The number of ether oxygens (including phenoxy) is 4. The lowest BCUT2D eigenvalue weighted by atomic mass is 9.59. The molecule has 0 spiro atoms. The Bertz CT molecular complexity index is 762. The topological polar surface area (TPSA) is 75.8 Å². The second kappa shape index (κ2) is 6.52. The van der Waals surface area contributed by atoms with E-state index in [0.29, 0.717) is 23.1 Å². The molecule has 2 N–H and O–H groups in total. The predicted octanol–water partition coefficient (Wildman–Crippen LogP) is 0.335. The number of fused-ring (bicyclic) bond motifs is 1. The maximum atomic E-state index is 6.22. The summed E-state index contributed by atoms with van der Waals surface area (Å²) in [5.41, 5.74) is 8.05. The minimum absolute atomic E-state index is 0.191. The average molecular weight is 340 g/mol. The summed E-state index contributed by atoms with van der Waals surface area (Å²) < 4.78 is 23.0. The molecule has 1 aromatic carbocycles. The first kappa shape index (κ1) is 17.5. The highest BCUT2D eigenvalue weighted by molar-refractivity contribution is 6.39. The SMILES string of the molecule is BC(B)(N)c1cc(OC)c2c(c1)O[C@@H](C)[C@H](c1ccc(OC)nc1)O2. The Morgan fingerprint density at radius 2 is 1.92 bits per heavy atom. The van der Waals surface area contributed by atoms with E-state index < -0.39 is 5.34 Å². The zero-order chi connectivity index (χ0) is 18.2. The zero-order valence-electron chi connectivity index (χ0n) is 15.2. The highest BCUT2D eigenvalue weighted by atomic mass is 16.6. The van der Waals surface area contributed by atoms with Crippen molar-refractivity contribution in [3.63, 3.8) is 0 Å². The van der Waals surface area contributed by atoms with Gasteiger partial charge in [-0.2, -0.15) is 0 Å². The number of methoxy groups -OCH3 is 2. The zero-order valence-corrected chi connectivity index (χ0v) is 15.2. The Morgan fingerprint density at radius 1 is 1.16 bits per heavy atom. The van der Waals surface area contributed by atoms with Crippen LogP contribution in [-0.2, 0) is 5.34 Å². The Balaban J connectivity index is 1.98. The monoisotopic (exact) mass is 340 g/mol. The lowest BCUT2D eigenvalue weighted by Gasteiger charge is -2.34. The standard InChI is InChI=1S/C17H22B2N2O4/c1-9-15(10-4-5-14(23-3)21-8-10)25-16-12(22-2)6-11(17(18,19)20)7-13(16)24-9/h4-9,15H,18-20H2,1-3H3/t9-,15+/m0/s1. The van der Waals surface area contributed by atoms with Crippen LogP contribution in [0.2, 0.25) is 0 Å². The summed E-state index contributed by atoms with van der Waals surface area (Å²) >= 11 is 0. The maximum absolute atomic E-state index is 6.22. The summed E-state index contributed by atoms with van der Waals surface area (Å²) in [6.45, 7) is 1.96. The average Bonchev–Trinajstić information content (AvgIpc) is 2.59. The van der Waals surface area contributed by atoms with Gasteiger partial charge in [0.2, 0.25) is 11.6 Å². The number of benzene rings is 1. The third-order valence-corrected chi connectivity index (χ3v) is 4.27. The number of aromatic nitrogens is 1. The predicted molar refractivity (Wildman–Crippen MR) is 100 cm³/mol. The molecule has 0 aliphatic carbocycles. The summed E-state index contributed by atoms with van der Waals surface area (Å²) in [6.07, 6.45) is 1.25. The van der Waals surface area contributed by atoms with Gasteiger partial charge in [0.25, 0.3) is 0 Å². The van der Waals surface area contributed by atoms with E-state index in [0.717, 1.165) is 11.1 Å². The van der Waals surface area contributed by atoms with Crippen LogP contribution in [0.5, 0.6) is 23.1 Å². The number of hydrogen-bond acceptors (Lipinski definition) is 6. The third-order valence-electron chi connectivity index (χ3n) is 4.27. The fourth-order valence-corrected chi connectivity index (χ4v) is 2.81. The first-order valence-corrected chi connectivity index (χ1v) is 8.18. The van der Waals surface area contributed by atoms with Crippen molar-refractivity contribution in [2.24, 2.45) is 5.73 Å². The van der Waals surface area contributed by atoms with E-state index in [9.17, 15) is 0 Å². The minimum Gasteiger partial charge on any atom is -0.493 e. The van der Waals surface area contributed by atoms with Crippen molar-refractivity contribution in [1.29, 1.82) is 0 Å². The van der Waals surface area contributed by atoms with E-state index in [1.807, 2.05) is 40.8 Å². The second-order valence-electron chi connectivity index (χ2n) is 6.72. The van der Waals surface area contributed by atoms with Crippen LogP contribution < -0.4 is 24.7 Å². The molecule has 0 bridgehead atoms. The van der Waals surface area contributed by atoms with Gasteiger partial charge in [-0.25, -0.2) is 4.98 Å². The molecule has 0 amide bonds. The van der Waals surface area contributed by atoms with Gasteiger partial charge < -0.3 is 24.7 Å². The smallest absolute Gasteiger partial charge is 0.212 e. The van der Waals surface area contributed by atoms with Crippen molar-refractivity contribution < 1.29 is 18.9 Å². The molecule has 8 heteroatoms. The molecular formula is C17H22B2N2O4. The molecule has 0 saturated carbocycles. The fourth-order valence-electron chi connectivity index (χ4n) is 2.81. The molecule has 6 nitrogen and oxygen atoms in total. The molecule has 1 aliphatic heterocycles.